The summed E-state index contributed by atoms with van der Waals surface area (Å²) in [7, 11) is 0. The average Bonchev–Trinajstić information content (AvgIpc) is 2.66. The first-order chi connectivity index (χ1) is 12.8. The van der Waals surface area contributed by atoms with Gasteiger partial charge in [0.1, 0.15) is 0 Å². The SMILES string of the molecule is CCc1ccc(NC(=O)CCC(C)(C)C(=O)NCc2ccccc2Cl)cc1. The Morgan fingerprint density at radius 3 is 2.33 bits per heavy atom. The van der Waals surface area contributed by atoms with Crippen LogP contribution in [0.5, 0.6) is 0 Å². The highest BCUT2D eigenvalue weighted by Gasteiger charge is 2.28. The quantitative estimate of drug-likeness (QED) is 0.673. The van der Waals surface area contributed by atoms with Crippen LogP contribution in [0.4, 0.5) is 5.69 Å². The third-order valence-corrected chi connectivity index (χ3v) is 5.00. The van der Waals surface area contributed by atoms with Crippen LogP contribution < -0.4 is 10.6 Å². The van der Waals surface area contributed by atoms with Crippen molar-refractivity contribution in [2.24, 2.45) is 5.41 Å². The monoisotopic (exact) mass is 386 g/mol. The Labute approximate surface area is 166 Å². The Morgan fingerprint density at radius 2 is 1.70 bits per heavy atom. The van der Waals surface area contributed by atoms with Crippen LogP contribution in [0, 0.1) is 5.41 Å². The second-order valence-electron chi connectivity index (χ2n) is 7.26. The van der Waals surface area contributed by atoms with Gasteiger partial charge in [-0.2, -0.15) is 0 Å². The number of amides is 2. The average molecular weight is 387 g/mol. The summed E-state index contributed by atoms with van der Waals surface area (Å²) in [6.45, 7) is 6.15. The summed E-state index contributed by atoms with van der Waals surface area (Å²) < 4.78 is 0. The molecule has 0 aliphatic heterocycles. The van der Waals surface area contributed by atoms with Crippen LogP contribution in [-0.2, 0) is 22.6 Å². The predicted octanol–water partition coefficient (Wildman–Crippen LogP) is 4.96. The van der Waals surface area contributed by atoms with Crippen LogP contribution in [0.1, 0.15) is 44.7 Å². The van der Waals surface area contributed by atoms with E-state index in [1.807, 2.05) is 56.3 Å². The lowest BCUT2D eigenvalue weighted by atomic mass is 9.86. The number of anilines is 1. The van der Waals surface area contributed by atoms with Crippen LogP contribution in [0.3, 0.4) is 0 Å². The number of hydrogen-bond acceptors (Lipinski definition) is 2. The number of nitrogens with one attached hydrogen (secondary N) is 2. The van der Waals surface area contributed by atoms with Crippen LogP contribution >= 0.6 is 11.6 Å². The van der Waals surface area contributed by atoms with Crippen molar-refractivity contribution in [2.75, 3.05) is 5.32 Å². The van der Waals surface area contributed by atoms with E-state index in [0.717, 1.165) is 17.7 Å². The van der Waals surface area contributed by atoms with Crippen molar-refractivity contribution in [2.45, 2.75) is 46.6 Å². The summed E-state index contributed by atoms with van der Waals surface area (Å²) in [6, 6.07) is 15.2. The first-order valence-corrected chi connectivity index (χ1v) is 9.60. The van der Waals surface area contributed by atoms with Gasteiger partial charge in [0.15, 0.2) is 0 Å². The van der Waals surface area contributed by atoms with Gasteiger partial charge >= 0.3 is 0 Å². The molecule has 0 fully saturated rings. The maximum absolute atomic E-state index is 12.5. The number of rotatable bonds is 8. The molecular formula is C22H27ClN2O2. The standard InChI is InChI=1S/C22H27ClN2O2/c1-4-16-9-11-18(12-10-16)25-20(26)13-14-22(2,3)21(27)24-15-17-7-5-6-8-19(17)23/h5-12H,4,13-15H2,1-3H3,(H,24,27)(H,25,26). The molecule has 4 nitrogen and oxygen atoms in total. The highest BCUT2D eigenvalue weighted by molar-refractivity contribution is 6.31. The molecular weight excluding hydrogens is 360 g/mol. The molecule has 0 unspecified atom stereocenters. The van der Waals surface area contributed by atoms with Gasteiger partial charge in [0.2, 0.25) is 11.8 Å². The minimum Gasteiger partial charge on any atom is -0.352 e. The third-order valence-electron chi connectivity index (χ3n) is 4.63. The van der Waals surface area contributed by atoms with E-state index in [-0.39, 0.29) is 18.2 Å². The summed E-state index contributed by atoms with van der Waals surface area (Å²) in [5, 5.41) is 6.42. The van der Waals surface area contributed by atoms with Gasteiger partial charge < -0.3 is 10.6 Å². The van der Waals surface area contributed by atoms with Crippen LogP contribution in [0.15, 0.2) is 48.5 Å². The van der Waals surface area contributed by atoms with E-state index in [2.05, 4.69) is 17.6 Å². The molecule has 0 aliphatic rings. The second kappa shape index (κ2) is 9.56. The number of aryl methyl sites for hydroxylation is 1. The van der Waals surface area contributed by atoms with Crippen molar-refractivity contribution < 1.29 is 9.59 Å². The zero-order valence-corrected chi connectivity index (χ0v) is 16.9. The number of benzene rings is 2. The lowest BCUT2D eigenvalue weighted by Gasteiger charge is -2.23. The van der Waals surface area contributed by atoms with Gasteiger partial charge in [-0.25, -0.2) is 0 Å². The Balaban J connectivity index is 1.82. The summed E-state index contributed by atoms with van der Waals surface area (Å²) in [5.41, 5.74) is 2.23. The largest absolute Gasteiger partial charge is 0.352 e. The fraction of sp³-hybridized carbons (Fsp3) is 0.364. The van der Waals surface area contributed by atoms with Crippen LogP contribution in [0.25, 0.3) is 0 Å². The first kappa shape index (κ1) is 21.0. The number of carbonyl (C=O) groups excluding carboxylic acids is 2. The van der Waals surface area contributed by atoms with E-state index < -0.39 is 5.41 Å². The molecule has 2 rings (SSSR count). The van der Waals surface area contributed by atoms with E-state index in [1.165, 1.54) is 5.56 Å². The highest BCUT2D eigenvalue weighted by atomic mass is 35.5. The van der Waals surface area contributed by atoms with E-state index in [4.69, 9.17) is 11.6 Å². The Morgan fingerprint density at radius 1 is 1.04 bits per heavy atom. The van der Waals surface area contributed by atoms with Crippen molar-refractivity contribution in [3.05, 3.63) is 64.7 Å². The van der Waals surface area contributed by atoms with Crippen molar-refractivity contribution >= 4 is 29.1 Å². The summed E-state index contributed by atoms with van der Waals surface area (Å²) in [4.78, 5) is 24.7. The summed E-state index contributed by atoms with van der Waals surface area (Å²) in [6.07, 6.45) is 1.70. The second-order valence-corrected chi connectivity index (χ2v) is 7.66. The van der Waals surface area contributed by atoms with Crippen molar-refractivity contribution in [3.63, 3.8) is 0 Å². The molecule has 0 aliphatic carbocycles. The van der Waals surface area contributed by atoms with E-state index >= 15 is 0 Å². The highest BCUT2D eigenvalue weighted by Crippen LogP contribution is 2.24. The molecule has 0 aromatic heterocycles. The zero-order valence-electron chi connectivity index (χ0n) is 16.1. The Hall–Kier alpha value is -2.33. The topological polar surface area (TPSA) is 58.2 Å². The Kier molecular flexibility index (Phi) is 7.43. The number of hydrogen-bond donors (Lipinski definition) is 2. The fourth-order valence-corrected chi connectivity index (χ4v) is 2.85. The molecule has 144 valence electrons. The molecule has 0 saturated heterocycles. The van der Waals surface area contributed by atoms with E-state index in [1.54, 1.807) is 6.07 Å². The van der Waals surface area contributed by atoms with Gasteiger partial charge in [0.05, 0.1) is 0 Å². The van der Waals surface area contributed by atoms with Crippen molar-refractivity contribution in [1.82, 2.24) is 5.32 Å². The molecule has 0 radical (unpaired) electrons. The number of halogens is 1. The third kappa shape index (κ3) is 6.40. The van der Waals surface area contributed by atoms with Crippen molar-refractivity contribution in [3.8, 4) is 0 Å². The van der Waals surface area contributed by atoms with Gasteiger partial charge in [0, 0.05) is 29.1 Å². The maximum atomic E-state index is 12.5. The molecule has 0 heterocycles. The lowest BCUT2D eigenvalue weighted by molar-refractivity contribution is -0.130. The smallest absolute Gasteiger partial charge is 0.225 e. The minimum atomic E-state index is -0.648. The summed E-state index contributed by atoms with van der Waals surface area (Å²) in [5.74, 6) is -0.186. The predicted molar refractivity (Wildman–Crippen MR) is 111 cm³/mol. The van der Waals surface area contributed by atoms with Crippen LogP contribution in [0.2, 0.25) is 5.02 Å². The van der Waals surface area contributed by atoms with Gasteiger partial charge in [-0.15, -0.1) is 0 Å². The van der Waals surface area contributed by atoms with E-state index in [9.17, 15) is 9.59 Å². The summed E-state index contributed by atoms with van der Waals surface area (Å²) >= 11 is 6.12. The molecule has 2 aromatic rings. The molecule has 0 bridgehead atoms. The maximum Gasteiger partial charge on any atom is 0.225 e. The van der Waals surface area contributed by atoms with Gasteiger partial charge in [0.25, 0.3) is 0 Å². The molecule has 2 aromatic carbocycles. The normalized spacial score (nSPS) is 11.1. The van der Waals surface area contributed by atoms with Crippen LogP contribution in [-0.4, -0.2) is 11.8 Å². The molecule has 27 heavy (non-hydrogen) atoms. The first-order valence-electron chi connectivity index (χ1n) is 9.22. The van der Waals surface area contributed by atoms with Crippen molar-refractivity contribution in [1.29, 1.82) is 0 Å². The zero-order chi connectivity index (χ0) is 19.9. The molecule has 0 atom stereocenters. The molecule has 5 heteroatoms. The fourth-order valence-electron chi connectivity index (χ4n) is 2.64. The van der Waals surface area contributed by atoms with Gasteiger partial charge in [-0.1, -0.05) is 62.7 Å². The van der Waals surface area contributed by atoms with Gasteiger partial charge in [-0.05, 0) is 42.2 Å². The molecule has 0 spiro atoms. The molecule has 2 N–H and O–H groups in total. The van der Waals surface area contributed by atoms with Gasteiger partial charge in [-0.3, -0.25) is 9.59 Å². The molecule has 2 amide bonds. The Bertz CT molecular complexity index is 785. The molecule has 0 saturated carbocycles. The van der Waals surface area contributed by atoms with E-state index in [0.29, 0.717) is 18.0 Å². The number of carbonyl (C=O) groups is 2. The lowest BCUT2D eigenvalue weighted by Crippen LogP contribution is -2.37. The minimum absolute atomic E-state index is 0.0915.